The van der Waals surface area contributed by atoms with Crippen LogP contribution >= 0.6 is 0 Å². The van der Waals surface area contributed by atoms with E-state index in [-0.39, 0.29) is 17.6 Å². The molecule has 2 rings (SSSR count). The molecule has 1 fully saturated rings. The molecule has 5 heteroatoms. The van der Waals surface area contributed by atoms with E-state index in [0.717, 1.165) is 37.1 Å². The first-order valence-electron chi connectivity index (χ1n) is 6.93. The molecule has 0 radical (unpaired) electrons. The molecule has 1 unspecified atom stereocenters. The number of aliphatic hydroxyl groups is 1. The van der Waals surface area contributed by atoms with Gasteiger partial charge in [0, 0.05) is 12.5 Å². The molecule has 0 aliphatic carbocycles. The number of hydrogen-bond acceptors (Lipinski definition) is 3. The number of nitrogens with two attached hydrogens (primary N) is 1. The molecule has 1 amide bonds. The van der Waals surface area contributed by atoms with Crippen molar-refractivity contribution in [1.82, 2.24) is 4.90 Å². The van der Waals surface area contributed by atoms with Crippen LogP contribution in [0.1, 0.15) is 30.1 Å². The Morgan fingerprint density at radius 2 is 2.15 bits per heavy atom. The van der Waals surface area contributed by atoms with E-state index < -0.39 is 6.10 Å². The monoisotopic (exact) mass is 280 g/mol. The predicted octanol–water partition coefficient (Wildman–Crippen LogP) is 1.36. The number of benzene rings is 1. The van der Waals surface area contributed by atoms with E-state index in [0.29, 0.717) is 6.54 Å². The number of rotatable bonds is 4. The summed E-state index contributed by atoms with van der Waals surface area (Å²) in [6.07, 6.45) is 0.843. The zero-order valence-electron chi connectivity index (χ0n) is 11.7. The van der Waals surface area contributed by atoms with Crippen LogP contribution in [0.5, 0.6) is 0 Å². The fourth-order valence-electron chi connectivity index (χ4n) is 2.76. The lowest BCUT2D eigenvalue weighted by Gasteiger charge is -2.32. The van der Waals surface area contributed by atoms with Crippen LogP contribution < -0.4 is 5.73 Å². The number of piperidine rings is 1. The standard InChI is InChI=1S/C15H21FN2O2/c1-10-8-12(16)2-3-13(10)14(19)9-18-6-4-11(5-7-18)15(17)20/h2-3,8,11,14,19H,4-7,9H2,1H3,(H2,17,20). The molecule has 0 aromatic heterocycles. The first-order valence-corrected chi connectivity index (χ1v) is 6.93. The SMILES string of the molecule is Cc1cc(F)ccc1C(O)CN1CCC(C(N)=O)CC1. The highest BCUT2D eigenvalue weighted by molar-refractivity contribution is 5.76. The summed E-state index contributed by atoms with van der Waals surface area (Å²) in [4.78, 5) is 13.2. The smallest absolute Gasteiger partial charge is 0.220 e. The minimum Gasteiger partial charge on any atom is -0.387 e. The van der Waals surface area contributed by atoms with Gasteiger partial charge >= 0.3 is 0 Å². The van der Waals surface area contributed by atoms with E-state index in [9.17, 15) is 14.3 Å². The quantitative estimate of drug-likeness (QED) is 0.875. The van der Waals surface area contributed by atoms with E-state index in [1.807, 2.05) is 0 Å². The predicted molar refractivity (Wildman–Crippen MR) is 74.5 cm³/mol. The van der Waals surface area contributed by atoms with Gasteiger partial charge in [-0.05, 0) is 56.1 Å². The third-order valence-electron chi connectivity index (χ3n) is 4.01. The third kappa shape index (κ3) is 3.55. The Hall–Kier alpha value is -1.46. The van der Waals surface area contributed by atoms with Crippen molar-refractivity contribution in [3.8, 4) is 0 Å². The average molecular weight is 280 g/mol. The summed E-state index contributed by atoms with van der Waals surface area (Å²) in [5, 5.41) is 10.3. The van der Waals surface area contributed by atoms with Crippen molar-refractivity contribution in [3.05, 3.63) is 35.1 Å². The Bertz CT molecular complexity index is 485. The summed E-state index contributed by atoms with van der Waals surface area (Å²) >= 11 is 0. The first kappa shape index (κ1) is 14.9. The fourth-order valence-corrected chi connectivity index (χ4v) is 2.76. The largest absolute Gasteiger partial charge is 0.387 e. The molecular weight excluding hydrogens is 259 g/mol. The Kier molecular flexibility index (Phi) is 4.73. The number of likely N-dealkylation sites (tertiary alicyclic amines) is 1. The highest BCUT2D eigenvalue weighted by Crippen LogP contribution is 2.23. The lowest BCUT2D eigenvalue weighted by molar-refractivity contribution is -0.123. The van der Waals surface area contributed by atoms with Crippen molar-refractivity contribution < 1.29 is 14.3 Å². The number of carbonyl (C=O) groups is 1. The van der Waals surface area contributed by atoms with Crippen molar-refractivity contribution in [2.75, 3.05) is 19.6 Å². The van der Waals surface area contributed by atoms with Crippen molar-refractivity contribution in [3.63, 3.8) is 0 Å². The van der Waals surface area contributed by atoms with E-state index in [4.69, 9.17) is 5.73 Å². The van der Waals surface area contributed by atoms with Gasteiger partial charge in [0.2, 0.25) is 5.91 Å². The number of carbonyl (C=O) groups excluding carboxylic acids is 1. The lowest BCUT2D eigenvalue weighted by Crippen LogP contribution is -2.40. The van der Waals surface area contributed by atoms with Crippen LogP contribution in [-0.2, 0) is 4.79 Å². The summed E-state index contributed by atoms with van der Waals surface area (Å²) < 4.78 is 13.1. The van der Waals surface area contributed by atoms with Crippen LogP contribution in [0.4, 0.5) is 4.39 Å². The van der Waals surface area contributed by atoms with Crippen LogP contribution in [0.15, 0.2) is 18.2 Å². The molecule has 3 N–H and O–H groups in total. The van der Waals surface area contributed by atoms with Crippen LogP contribution in [0.3, 0.4) is 0 Å². The Labute approximate surface area is 118 Å². The van der Waals surface area contributed by atoms with Crippen molar-refractivity contribution >= 4 is 5.91 Å². The highest BCUT2D eigenvalue weighted by atomic mass is 19.1. The molecule has 1 aromatic rings. The number of halogens is 1. The van der Waals surface area contributed by atoms with Crippen LogP contribution in [0.2, 0.25) is 0 Å². The molecule has 20 heavy (non-hydrogen) atoms. The molecule has 1 aliphatic heterocycles. The van der Waals surface area contributed by atoms with Gasteiger partial charge in [-0.15, -0.1) is 0 Å². The van der Waals surface area contributed by atoms with E-state index in [2.05, 4.69) is 4.90 Å². The molecule has 1 heterocycles. The highest BCUT2D eigenvalue weighted by Gasteiger charge is 2.24. The third-order valence-corrected chi connectivity index (χ3v) is 4.01. The van der Waals surface area contributed by atoms with Gasteiger partial charge in [-0.1, -0.05) is 6.07 Å². The number of amides is 1. The maximum Gasteiger partial charge on any atom is 0.220 e. The first-order chi connectivity index (χ1) is 9.47. The zero-order valence-corrected chi connectivity index (χ0v) is 11.7. The Balaban J connectivity index is 1.92. The molecule has 1 atom stereocenters. The lowest BCUT2D eigenvalue weighted by atomic mass is 9.95. The maximum absolute atomic E-state index is 13.1. The number of aliphatic hydroxyl groups excluding tert-OH is 1. The van der Waals surface area contributed by atoms with Crippen LogP contribution in [0.25, 0.3) is 0 Å². The van der Waals surface area contributed by atoms with E-state index in [1.54, 1.807) is 13.0 Å². The van der Waals surface area contributed by atoms with Gasteiger partial charge in [-0.25, -0.2) is 4.39 Å². The molecular formula is C15H21FN2O2. The van der Waals surface area contributed by atoms with Gasteiger partial charge in [-0.2, -0.15) is 0 Å². The molecule has 4 nitrogen and oxygen atoms in total. The molecule has 1 aliphatic rings. The van der Waals surface area contributed by atoms with Crippen LogP contribution in [-0.4, -0.2) is 35.5 Å². The summed E-state index contributed by atoms with van der Waals surface area (Å²) in [7, 11) is 0. The Morgan fingerprint density at radius 1 is 1.50 bits per heavy atom. The Morgan fingerprint density at radius 3 is 2.70 bits per heavy atom. The number of β-amino-alcohol motifs (C(OH)–C–C–N with tert-alkyl or cyclic N) is 1. The van der Waals surface area contributed by atoms with Gasteiger partial charge in [0.15, 0.2) is 0 Å². The normalized spacial score (nSPS) is 18.9. The van der Waals surface area contributed by atoms with Crippen molar-refractivity contribution in [1.29, 1.82) is 0 Å². The van der Waals surface area contributed by atoms with Crippen LogP contribution in [0, 0.1) is 18.7 Å². The molecule has 0 bridgehead atoms. The minimum absolute atomic E-state index is 0.0454. The number of hydrogen-bond donors (Lipinski definition) is 2. The zero-order chi connectivity index (χ0) is 14.7. The van der Waals surface area contributed by atoms with E-state index in [1.165, 1.54) is 12.1 Å². The van der Waals surface area contributed by atoms with Gasteiger partial charge in [-0.3, -0.25) is 4.79 Å². The summed E-state index contributed by atoms with van der Waals surface area (Å²) in [5.74, 6) is -0.573. The van der Waals surface area contributed by atoms with Gasteiger partial charge in [0.25, 0.3) is 0 Å². The second kappa shape index (κ2) is 6.33. The fraction of sp³-hybridized carbons (Fsp3) is 0.533. The second-order valence-corrected chi connectivity index (χ2v) is 5.49. The summed E-state index contributed by atoms with van der Waals surface area (Å²) in [5.41, 5.74) is 6.80. The molecule has 0 saturated carbocycles. The molecule has 1 aromatic carbocycles. The van der Waals surface area contributed by atoms with Gasteiger partial charge in [0.1, 0.15) is 5.82 Å². The van der Waals surface area contributed by atoms with E-state index >= 15 is 0 Å². The van der Waals surface area contributed by atoms with Crippen molar-refractivity contribution in [2.24, 2.45) is 11.7 Å². The minimum atomic E-state index is -0.638. The average Bonchev–Trinajstić information content (AvgIpc) is 2.39. The van der Waals surface area contributed by atoms with Crippen molar-refractivity contribution in [2.45, 2.75) is 25.9 Å². The molecule has 110 valence electrons. The number of nitrogens with zero attached hydrogens (tertiary/aromatic N) is 1. The number of aryl methyl sites for hydroxylation is 1. The maximum atomic E-state index is 13.1. The topological polar surface area (TPSA) is 66.6 Å². The summed E-state index contributed by atoms with van der Waals surface area (Å²) in [6, 6.07) is 4.42. The van der Waals surface area contributed by atoms with Gasteiger partial charge in [0.05, 0.1) is 6.10 Å². The van der Waals surface area contributed by atoms with Gasteiger partial charge < -0.3 is 15.7 Å². The summed E-state index contributed by atoms with van der Waals surface area (Å²) in [6.45, 7) is 3.80. The molecule has 1 saturated heterocycles. The molecule has 0 spiro atoms. The number of primary amides is 1. The second-order valence-electron chi connectivity index (χ2n) is 5.49.